The van der Waals surface area contributed by atoms with Gasteiger partial charge in [0.1, 0.15) is 51.6 Å². The highest BCUT2D eigenvalue weighted by molar-refractivity contribution is 7.86. The minimum absolute atomic E-state index is 0.0198. The van der Waals surface area contributed by atoms with Crippen LogP contribution in [0.25, 0.3) is 10.8 Å². The number of carboxylic acid groups (broad SMARTS) is 1. The Morgan fingerprint density at radius 3 is 2.14 bits per heavy atom. The lowest BCUT2D eigenvalue weighted by Gasteiger charge is -2.55. The normalized spacial score (nSPS) is 28.4. The second-order valence-electron chi connectivity index (χ2n) is 13.5. The molecule has 3 N–H and O–H groups in total. The third-order valence-electron chi connectivity index (χ3n) is 10.6. The molecule has 0 spiro atoms. The van der Waals surface area contributed by atoms with Crippen LogP contribution >= 0.6 is 0 Å². The number of carbonyl (C=O) groups excluding carboxylic acids is 3. The van der Waals surface area contributed by atoms with Gasteiger partial charge in [0.05, 0.1) is 36.3 Å². The molecule has 13 nitrogen and oxygen atoms in total. The van der Waals surface area contributed by atoms with Gasteiger partial charge in [-0.05, 0) is 29.5 Å². The number of aliphatic carboxylic acids is 1. The molecule has 4 atom stereocenters. The third-order valence-corrected chi connectivity index (χ3v) is 11.2. The molecule has 7 rings (SSSR count). The van der Waals surface area contributed by atoms with Gasteiger partial charge in [0.15, 0.2) is 16.7 Å². The van der Waals surface area contributed by atoms with Crippen molar-refractivity contribution >= 4 is 38.7 Å². The van der Waals surface area contributed by atoms with Crippen LogP contribution in [0.1, 0.15) is 19.4 Å². The highest BCUT2D eigenvalue weighted by atomic mass is 32.2. The molecule has 268 valence electrons. The van der Waals surface area contributed by atoms with Crippen molar-refractivity contribution in [2.24, 2.45) is 17.6 Å². The number of benzene rings is 2. The molecule has 5 aliphatic heterocycles. The Balaban J connectivity index is 0.000000523. The van der Waals surface area contributed by atoms with Crippen LogP contribution in [0.2, 0.25) is 0 Å². The number of ether oxygens (including phenoxy) is 1. The Kier molecular flexibility index (Phi) is 9.81. The van der Waals surface area contributed by atoms with Crippen molar-refractivity contribution in [2.75, 3.05) is 59.0 Å². The largest absolute Gasteiger partial charge is 0.741 e. The van der Waals surface area contributed by atoms with Gasteiger partial charge in [-0.3, -0.25) is 9.59 Å². The minimum atomic E-state index is -6.09. The second-order valence-corrected chi connectivity index (χ2v) is 14.9. The summed E-state index contributed by atoms with van der Waals surface area (Å²) in [6.45, 7) is 11.1. The van der Waals surface area contributed by atoms with E-state index in [9.17, 15) is 37.8 Å². The number of halogens is 3. The van der Waals surface area contributed by atoms with Gasteiger partial charge < -0.3 is 43.9 Å². The summed E-state index contributed by atoms with van der Waals surface area (Å²) in [6, 6.07) is 11.8. The van der Waals surface area contributed by atoms with E-state index in [1.807, 2.05) is 31.2 Å². The number of nitrogens with two attached hydrogens (primary N) is 1. The maximum absolute atomic E-state index is 12.6. The molecule has 17 heteroatoms. The van der Waals surface area contributed by atoms with Crippen molar-refractivity contribution in [3.05, 3.63) is 53.2 Å². The van der Waals surface area contributed by atoms with Crippen LogP contribution in [-0.2, 0) is 30.9 Å². The van der Waals surface area contributed by atoms with E-state index in [0.29, 0.717) is 17.9 Å². The number of piperazine rings is 3. The van der Waals surface area contributed by atoms with Gasteiger partial charge in [-0.1, -0.05) is 37.3 Å². The fourth-order valence-electron chi connectivity index (χ4n) is 7.87. The summed E-state index contributed by atoms with van der Waals surface area (Å²) in [5.41, 5.74) is 1.51. The average molecular weight is 713 g/mol. The number of hydrogen-bond donors (Lipinski definition) is 2. The summed E-state index contributed by atoms with van der Waals surface area (Å²) in [5.74, 6) is -2.23. The summed E-state index contributed by atoms with van der Waals surface area (Å²) >= 11 is 0. The lowest BCUT2D eigenvalue weighted by molar-refractivity contribution is -1.08. The molecule has 4 saturated heterocycles. The van der Waals surface area contributed by atoms with E-state index < -0.39 is 39.7 Å². The number of aliphatic hydroxyl groups is 1. The van der Waals surface area contributed by atoms with Gasteiger partial charge in [0.25, 0.3) is 5.91 Å². The van der Waals surface area contributed by atoms with Crippen molar-refractivity contribution in [3.63, 3.8) is 0 Å². The van der Waals surface area contributed by atoms with E-state index >= 15 is 0 Å². The predicted octanol–water partition coefficient (Wildman–Crippen LogP) is -0.180. The van der Waals surface area contributed by atoms with Crippen molar-refractivity contribution in [1.29, 1.82) is 0 Å². The van der Waals surface area contributed by atoms with E-state index in [-0.39, 0.29) is 30.0 Å². The summed E-state index contributed by atoms with van der Waals surface area (Å²) in [6.07, 6.45) is 0.0655. The van der Waals surface area contributed by atoms with Crippen molar-refractivity contribution in [1.82, 2.24) is 4.90 Å². The molecule has 5 heterocycles. The van der Waals surface area contributed by atoms with E-state index in [1.54, 1.807) is 6.92 Å². The number of hydrogen-bond acceptors (Lipinski definition) is 9. The Hall–Kier alpha value is -3.77. The van der Waals surface area contributed by atoms with E-state index in [4.69, 9.17) is 23.4 Å². The SMILES string of the molecule is C[C@@H](O)[C@H]1C(=O)N2C(C(=O)[O-])=C(COc3cccc4c(CC[N+]56CC[N+](CC(N)=O)(CC5)CC6)cccc34)[C@H](C)[C@H]12.O=S(=O)([O-])C(F)(F)F. The van der Waals surface area contributed by atoms with Crippen molar-refractivity contribution in [3.8, 4) is 5.75 Å². The van der Waals surface area contributed by atoms with Gasteiger partial charge in [0, 0.05) is 17.7 Å². The van der Waals surface area contributed by atoms with Crippen molar-refractivity contribution < 1.29 is 64.4 Å². The number of rotatable bonds is 10. The molecular weight excluding hydrogens is 673 g/mol. The van der Waals surface area contributed by atoms with Gasteiger partial charge in [-0.2, -0.15) is 13.2 Å². The zero-order valence-corrected chi connectivity index (χ0v) is 27.8. The molecule has 0 aromatic heterocycles. The minimum Gasteiger partial charge on any atom is -0.741 e. The van der Waals surface area contributed by atoms with Crippen molar-refractivity contribution in [2.45, 2.75) is 37.9 Å². The number of fused-ring (bicyclic) bond motifs is 5. The number of amides is 2. The summed E-state index contributed by atoms with van der Waals surface area (Å²) in [7, 11) is -6.09. The Bertz CT molecular complexity index is 1770. The molecule has 2 aromatic rings. The zero-order valence-electron chi connectivity index (χ0n) is 27.0. The standard InChI is InChI=1S/C31H38N4O6.CHF3O3S/c1-19-24(29(31(39)40)33-28(19)27(20(2)36)30(33)38)18-41-25-8-4-6-22-21(5-3-7-23(22)25)9-10-34-11-14-35(15-12-34,16-13-34)17-26(32)37;2-1(3,4)8(5,6)7/h3-8,19-20,27-28,36H,9-18H2,1-2H3,(H-2,32,37,39,40);(H,5,6,7)/t19-,20+,27+,28+,34?,35?;/m0./s1. The predicted molar refractivity (Wildman–Crippen MR) is 165 cm³/mol. The molecule has 49 heavy (non-hydrogen) atoms. The van der Waals surface area contributed by atoms with Crippen LogP contribution in [0.15, 0.2) is 47.7 Å². The first kappa shape index (κ1) is 36.5. The zero-order chi connectivity index (χ0) is 36.1. The van der Waals surface area contributed by atoms with Crippen LogP contribution in [-0.4, -0.2) is 126 Å². The third kappa shape index (κ3) is 6.99. The molecule has 0 aliphatic carbocycles. The second kappa shape index (κ2) is 13.2. The average Bonchev–Trinajstić information content (AvgIpc) is 3.26. The fraction of sp³-hybridized carbons (Fsp3) is 0.531. The number of carboxylic acids is 1. The number of quaternary nitrogens is 2. The van der Waals surface area contributed by atoms with Crippen LogP contribution in [0, 0.1) is 11.8 Å². The Morgan fingerprint density at radius 1 is 1.06 bits per heavy atom. The first-order valence-corrected chi connectivity index (χ1v) is 17.3. The van der Waals surface area contributed by atoms with Gasteiger partial charge in [-0.25, -0.2) is 8.42 Å². The molecule has 2 bridgehead atoms. The van der Waals surface area contributed by atoms with E-state index in [0.717, 1.165) is 72.0 Å². The number of carbonyl (C=O) groups is 3. The van der Waals surface area contributed by atoms with Crippen LogP contribution in [0.3, 0.4) is 0 Å². The fourth-order valence-corrected chi connectivity index (χ4v) is 7.87. The maximum Gasteiger partial charge on any atom is 0.485 e. The molecule has 2 aromatic carbocycles. The highest BCUT2D eigenvalue weighted by Crippen LogP contribution is 2.47. The first-order valence-electron chi connectivity index (χ1n) is 15.9. The number of β-lactam (4-membered cyclic amide) rings is 1. The molecule has 0 saturated carbocycles. The number of primary amides is 1. The van der Waals surface area contributed by atoms with Crippen LogP contribution < -0.4 is 15.6 Å². The summed E-state index contributed by atoms with van der Waals surface area (Å²) in [5, 5.41) is 24.2. The van der Waals surface area contributed by atoms with Gasteiger partial charge in [0.2, 0.25) is 5.91 Å². The molecular formula is C32H39F3N4O9S. The lowest BCUT2D eigenvalue weighted by atomic mass is 9.78. The van der Waals surface area contributed by atoms with E-state index in [2.05, 4.69) is 12.1 Å². The maximum atomic E-state index is 12.6. The monoisotopic (exact) mass is 712 g/mol. The first-order chi connectivity index (χ1) is 22.8. The molecule has 0 radical (unpaired) electrons. The Labute approximate surface area is 281 Å². The van der Waals surface area contributed by atoms with Crippen LogP contribution in [0.5, 0.6) is 5.75 Å². The number of alkyl halides is 3. The van der Waals surface area contributed by atoms with Gasteiger partial charge >= 0.3 is 5.51 Å². The molecule has 0 unspecified atom stereocenters. The van der Waals surface area contributed by atoms with E-state index in [1.165, 1.54) is 10.5 Å². The summed E-state index contributed by atoms with van der Waals surface area (Å²) in [4.78, 5) is 37.5. The molecule has 4 fully saturated rings. The topological polar surface area (TPSA) is 190 Å². The lowest BCUT2D eigenvalue weighted by Crippen LogP contribution is -2.76. The van der Waals surface area contributed by atoms with Gasteiger partial charge in [-0.15, -0.1) is 0 Å². The number of aliphatic hydroxyl groups excluding tert-OH is 1. The van der Waals surface area contributed by atoms with Crippen LogP contribution in [0.4, 0.5) is 13.2 Å². The smallest absolute Gasteiger partial charge is 0.485 e. The Morgan fingerprint density at radius 2 is 1.61 bits per heavy atom. The molecule has 5 aliphatic rings. The summed E-state index contributed by atoms with van der Waals surface area (Å²) < 4.78 is 67.1. The number of nitrogens with zero attached hydrogens (tertiary/aromatic N) is 3. The highest BCUT2D eigenvalue weighted by Gasteiger charge is 2.58. The molecule has 2 amide bonds. The quantitative estimate of drug-likeness (QED) is 0.146.